The first-order chi connectivity index (χ1) is 9.43. The fraction of sp³-hybridized carbons (Fsp3) is 0.529. The van der Waals surface area contributed by atoms with Gasteiger partial charge in [-0.2, -0.15) is 0 Å². The second-order valence-electron chi connectivity index (χ2n) is 5.68. The molecule has 2 heteroatoms. The maximum atomic E-state index is 3.44. The Kier molecular flexibility index (Phi) is 4.31. The van der Waals surface area contributed by atoms with Crippen LogP contribution in [0.4, 0.5) is 0 Å². The molecule has 3 rings (SSSR count). The fourth-order valence-electron chi connectivity index (χ4n) is 3.19. The van der Waals surface area contributed by atoms with Crippen LogP contribution in [0.1, 0.15) is 36.0 Å². The summed E-state index contributed by atoms with van der Waals surface area (Å²) in [5.41, 5.74) is 4.46. The quantitative estimate of drug-likeness (QED) is 0.894. The summed E-state index contributed by atoms with van der Waals surface area (Å²) in [6.07, 6.45) is 10.0. The molecule has 1 fully saturated rings. The number of likely N-dealkylation sites (tertiary alicyclic amines) is 1. The number of nitrogens with one attached hydrogen (secondary N) is 1. The van der Waals surface area contributed by atoms with Crippen LogP contribution in [0.25, 0.3) is 6.08 Å². The molecule has 19 heavy (non-hydrogen) atoms. The second kappa shape index (κ2) is 6.36. The molecule has 0 bridgehead atoms. The Morgan fingerprint density at radius 3 is 2.95 bits per heavy atom. The van der Waals surface area contributed by atoms with Gasteiger partial charge in [0.1, 0.15) is 0 Å². The van der Waals surface area contributed by atoms with Gasteiger partial charge in [-0.1, -0.05) is 36.8 Å². The number of nitrogens with zero attached hydrogens (tertiary/aromatic N) is 1. The summed E-state index contributed by atoms with van der Waals surface area (Å²) in [7, 11) is 0. The molecule has 2 aliphatic heterocycles. The van der Waals surface area contributed by atoms with E-state index in [-0.39, 0.29) is 0 Å². The molecule has 2 aliphatic rings. The van der Waals surface area contributed by atoms with Crippen molar-refractivity contribution in [3.05, 3.63) is 41.0 Å². The summed E-state index contributed by atoms with van der Waals surface area (Å²) >= 11 is 0. The van der Waals surface area contributed by atoms with Crippen molar-refractivity contribution in [2.24, 2.45) is 0 Å². The summed E-state index contributed by atoms with van der Waals surface area (Å²) < 4.78 is 0. The highest BCUT2D eigenvalue weighted by Crippen LogP contribution is 2.20. The first-order valence-electron chi connectivity index (χ1n) is 7.64. The van der Waals surface area contributed by atoms with Crippen molar-refractivity contribution >= 4 is 6.08 Å². The number of benzene rings is 1. The molecule has 2 nitrogen and oxygen atoms in total. The highest BCUT2D eigenvalue weighted by Gasteiger charge is 2.11. The molecule has 1 aromatic carbocycles. The zero-order valence-corrected chi connectivity index (χ0v) is 11.7. The third-order valence-corrected chi connectivity index (χ3v) is 4.29. The number of fused-ring (bicyclic) bond motifs is 1. The van der Waals surface area contributed by atoms with Crippen molar-refractivity contribution < 1.29 is 0 Å². The van der Waals surface area contributed by atoms with Crippen LogP contribution in [-0.2, 0) is 13.0 Å². The molecule has 0 radical (unpaired) electrons. The fourth-order valence-corrected chi connectivity index (χ4v) is 3.19. The number of piperidine rings is 1. The van der Waals surface area contributed by atoms with E-state index in [1.807, 2.05) is 0 Å². The normalized spacial score (nSPS) is 20.6. The first kappa shape index (κ1) is 12.9. The molecule has 0 aliphatic carbocycles. The number of hydrogen-bond donors (Lipinski definition) is 1. The standard InChI is InChI=1S/C17H24N2/c1-2-11-19(12-3-1)13-5-8-15-6-4-7-16-14-18-10-9-17(15)16/h4-8,18H,1-3,9-14H2/b8-5+. The van der Waals surface area contributed by atoms with E-state index in [0.717, 1.165) is 19.6 Å². The van der Waals surface area contributed by atoms with Crippen LogP contribution in [0, 0.1) is 0 Å². The Labute approximate surface area is 116 Å². The Morgan fingerprint density at radius 1 is 1.16 bits per heavy atom. The summed E-state index contributed by atoms with van der Waals surface area (Å²) in [4.78, 5) is 2.57. The minimum Gasteiger partial charge on any atom is -0.312 e. The molecule has 0 amide bonds. The van der Waals surface area contributed by atoms with Crippen molar-refractivity contribution in [3.8, 4) is 0 Å². The second-order valence-corrected chi connectivity index (χ2v) is 5.68. The smallest absolute Gasteiger partial charge is 0.0208 e. The summed E-state index contributed by atoms with van der Waals surface area (Å²) in [5, 5.41) is 3.44. The molecule has 1 aromatic rings. The molecule has 0 atom stereocenters. The van der Waals surface area contributed by atoms with Crippen LogP contribution in [0.15, 0.2) is 24.3 Å². The van der Waals surface area contributed by atoms with E-state index in [2.05, 4.69) is 40.6 Å². The van der Waals surface area contributed by atoms with E-state index in [1.165, 1.54) is 49.9 Å². The van der Waals surface area contributed by atoms with Crippen LogP contribution in [0.3, 0.4) is 0 Å². The van der Waals surface area contributed by atoms with Gasteiger partial charge in [0.2, 0.25) is 0 Å². The summed E-state index contributed by atoms with van der Waals surface area (Å²) in [6.45, 7) is 5.82. The topological polar surface area (TPSA) is 15.3 Å². The van der Waals surface area contributed by atoms with Crippen molar-refractivity contribution in [1.29, 1.82) is 0 Å². The predicted octanol–water partition coefficient (Wildman–Crippen LogP) is 2.83. The van der Waals surface area contributed by atoms with Gasteiger partial charge in [-0.05, 0) is 55.6 Å². The molecule has 0 unspecified atom stereocenters. The van der Waals surface area contributed by atoms with Crippen molar-refractivity contribution in [1.82, 2.24) is 10.2 Å². The molecule has 1 N–H and O–H groups in total. The Balaban J connectivity index is 1.65. The van der Waals surface area contributed by atoms with Crippen molar-refractivity contribution in [2.75, 3.05) is 26.2 Å². The third-order valence-electron chi connectivity index (χ3n) is 4.29. The van der Waals surface area contributed by atoms with E-state index in [1.54, 1.807) is 5.56 Å². The van der Waals surface area contributed by atoms with Crippen LogP contribution >= 0.6 is 0 Å². The molecule has 1 saturated heterocycles. The molecular weight excluding hydrogens is 232 g/mol. The van der Waals surface area contributed by atoms with Gasteiger partial charge in [-0.3, -0.25) is 4.90 Å². The average Bonchev–Trinajstić information content (AvgIpc) is 2.49. The van der Waals surface area contributed by atoms with Crippen LogP contribution in [0.2, 0.25) is 0 Å². The zero-order valence-electron chi connectivity index (χ0n) is 11.7. The molecule has 0 spiro atoms. The Morgan fingerprint density at radius 2 is 2.05 bits per heavy atom. The molecule has 2 heterocycles. The van der Waals surface area contributed by atoms with E-state index >= 15 is 0 Å². The van der Waals surface area contributed by atoms with Gasteiger partial charge in [-0.25, -0.2) is 0 Å². The molecule has 0 aromatic heterocycles. The van der Waals surface area contributed by atoms with E-state index in [0.29, 0.717) is 0 Å². The molecule has 0 saturated carbocycles. The van der Waals surface area contributed by atoms with E-state index < -0.39 is 0 Å². The number of rotatable bonds is 3. The summed E-state index contributed by atoms with van der Waals surface area (Å²) in [6, 6.07) is 6.70. The van der Waals surface area contributed by atoms with Crippen LogP contribution in [-0.4, -0.2) is 31.1 Å². The summed E-state index contributed by atoms with van der Waals surface area (Å²) in [5.74, 6) is 0. The Hall–Kier alpha value is -1.12. The highest BCUT2D eigenvalue weighted by molar-refractivity contribution is 5.56. The first-order valence-corrected chi connectivity index (χ1v) is 7.64. The minimum absolute atomic E-state index is 1.03. The van der Waals surface area contributed by atoms with Gasteiger partial charge >= 0.3 is 0 Å². The van der Waals surface area contributed by atoms with E-state index in [4.69, 9.17) is 0 Å². The van der Waals surface area contributed by atoms with Crippen LogP contribution in [0.5, 0.6) is 0 Å². The lowest BCUT2D eigenvalue weighted by molar-refractivity contribution is 0.252. The monoisotopic (exact) mass is 256 g/mol. The minimum atomic E-state index is 1.03. The average molecular weight is 256 g/mol. The molecular formula is C17H24N2. The third kappa shape index (κ3) is 3.26. The lowest BCUT2D eigenvalue weighted by Gasteiger charge is -2.25. The Bertz CT molecular complexity index is 445. The molecule has 102 valence electrons. The van der Waals surface area contributed by atoms with Gasteiger partial charge in [0, 0.05) is 13.1 Å². The highest BCUT2D eigenvalue weighted by atomic mass is 15.1. The maximum Gasteiger partial charge on any atom is 0.0208 e. The lowest BCUT2D eigenvalue weighted by atomic mass is 9.95. The van der Waals surface area contributed by atoms with Crippen LogP contribution < -0.4 is 5.32 Å². The number of hydrogen-bond acceptors (Lipinski definition) is 2. The zero-order chi connectivity index (χ0) is 12.9. The van der Waals surface area contributed by atoms with Gasteiger partial charge in [0.15, 0.2) is 0 Å². The van der Waals surface area contributed by atoms with Gasteiger partial charge in [0.05, 0.1) is 0 Å². The SMILES string of the molecule is C(=C\c1cccc2c1CCNC2)/CN1CCCCC1. The van der Waals surface area contributed by atoms with Gasteiger partial charge < -0.3 is 5.32 Å². The van der Waals surface area contributed by atoms with Crippen molar-refractivity contribution in [2.45, 2.75) is 32.2 Å². The predicted molar refractivity (Wildman–Crippen MR) is 81.2 cm³/mol. The van der Waals surface area contributed by atoms with E-state index in [9.17, 15) is 0 Å². The van der Waals surface area contributed by atoms with Gasteiger partial charge in [-0.15, -0.1) is 0 Å². The van der Waals surface area contributed by atoms with Gasteiger partial charge in [0.25, 0.3) is 0 Å². The van der Waals surface area contributed by atoms with Crippen molar-refractivity contribution in [3.63, 3.8) is 0 Å². The lowest BCUT2D eigenvalue weighted by Crippen LogP contribution is -2.29. The largest absolute Gasteiger partial charge is 0.312 e. The maximum absolute atomic E-state index is 3.44.